The van der Waals surface area contributed by atoms with Gasteiger partial charge in [0, 0.05) is 21.8 Å². The van der Waals surface area contributed by atoms with Gasteiger partial charge in [0.15, 0.2) is 0 Å². The topological polar surface area (TPSA) is 96.5 Å². The molecule has 8 heteroatoms. The van der Waals surface area contributed by atoms with Gasteiger partial charge in [-0.1, -0.05) is 78.4 Å². The summed E-state index contributed by atoms with van der Waals surface area (Å²) in [6.07, 6.45) is 1.62. The fourth-order valence-corrected chi connectivity index (χ4v) is 5.64. The number of carbonyl (C=O) groups is 3. The number of thioether (sulfide) groups is 1. The van der Waals surface area contributed by atoms with E-state index in [-0.39, 0.29) is 16.9 Å². The van der Waals surface area contributed by atoms with Crippen LogP contribution < -0.4 is 20.7 Å². The van der Waals surface area contributed by atoms with Crippen molar-refractivity contribution in [3.63, 3.8) is 0 Å². The Morgan fingerprint density at radius 3 is 2.10 bits per heavy atom. The molecule has 5 rings (SSSR count). The Hall–Kier alpha value is -5.60. The normalized spacial score (nSPS) is 11.7. The molecule has 3 N–H and O–H groups in total. The van der Waals surface area contributed by atoms with Crippen LogP contribution in [0.25, 0.3) is 6.08 Å². The number of benzene rings is 5. The number of rotatable bonds is 12. The molecule has 0 heterocycles. The molecule has 0 saturated carbocycles. The van der Waals surface area contributed by atoms with Crippen molar-refractivity contribution in [3.8, 4) is 5.75 Å². The number of aryl methyl sites for hydroxylation is 2. The Morgan fingerprint density at radius 1 is 0.771 bits per heavy atom. The summed E-state index contributed by atoms with van der Waals surface area (Å²) in [5.74, 6) is -0.292. The summed E-state index contributed by atoms with van der Waals surface area (Å²) in [5, 5.41) is 8.31. The molecule has 0 bridgehead atoms. The molecule has 5 aromatic rings. The molecular weight excluding hydrogens is 619 g/mol. The average Bonchev–Trinajstić information content (AvgIpc) is 3.10. The highest BCUT2D eigenvalue weighted by molar-refractivity contribution is 8.00. The van der Waals surface area contributed by atoms with E-state index in [2.05, 4.69) is 16.0 Å². The predicted octanol–water partition coefficient (Wildman–Crippen LogP) is 8.41. The van der Waals surface area contributed by atoms with E-state index in [4.69, 9.17) is 4.74 Å². The van der Waals surface area contributed by atoms with Gasteiger partial charge in [-0.3, -0.25) is 14.4 Å². The van der Waals surface area contributed by atoms with Crippen LogP contribution in [0.5, 0.6) is 5.75 Å². The molecule has 0 radical (unpaired) electrons. The maximum atomic E-state index is 13.5. The van der Waals surface area contributed by atoms with E-state index in [1.807, 2.05) is 112 Å². The minimum absolute atomic E-state index is 0.0805. The largest absolute Gasteiger partial charge is 0.489 e. The van der Waals surface area contributed by atoms with Crippen molar-refractivity contribution >= 4 is 46.9 Å². The van der Waals surface area contributed by atoms with Crippen LogP contribution in [0.3, 0.4) is 0 Å². The Balaban J connectivity index is 1.25. The lowest BCUT2D eigenvalue weighted by atomic mass is 10.1. The standard InChI is InChI=1S/C40H37N3O4S/c1-27-14-23-36(28(2)24-27)42-38(44)29(3)48-35-21-17-33(18-22-35)41-40(46)37(43-39(45)32-12-8-5-9-13-32)25-30-15-19-34(20-16-30)47-26-31-10-6-4-7-11-31/h4-25,29H,26H2,1-3H3,(H,41,46)(H,42,44)(H,43,45)/b37-25-. The highest BCUT2D eigenvalue weighted by Gasteiger charge is 2.17. The predicted molar refractivity (Wildman–Crippen MR) is 194 cm³/mol. The second-order valence-electron chi connectivity index (χ2n) is 11.3. The number of carbonyl (C=O) groups excluding carboxylic acids is 3. The van der Waals surface area contributed by atoms with Gasteiger partial charge < -0.3 is 20.7 Å². The average molecular weight is 656 g/mol. The van der Waals surface area contributed by atoms with E-state index in [9.17, 15) is 14.4 Å². The van der Waals surface area contributed by atoms with Crippen LogP contribution in [0.2, 0.25) is 0 Å². The summed E-state index contributed by atoms with van der Waals surface area (Å²) in [6, 6.07) is 39.1. The van der Waals surface area contributed by atoms with Gasteiger partial charge in [0.2, 0.25) is 5.91 Å². The first-order valence-electron chi connectivity index (χ1n) is 15.5. The highest BCUT2D eigenvalue weighted by Crippen LogP contribution is 2.27. The van der Waals surface area contributed by atoms with Crippen LogP contribution in [0.4, 0.5) is 11.4 Å². The molecule has 0 spiro atoms. The van der Waals surface area contributed by atoms with E-state index in [0.29, 0.717) is 29.2 Å². The van der Waals surface area contributed by atoms with Gasteiger partial charge >= 0.3 is 0 Å². The molecular formula is C40H37N3O4S. The second kappa shape index (κ2) is 16.3. The zero-order chi connectivity index (χ0) is 33.9. The third-order valence-corrected chi connectivity index (χ3v) is 8.51. The van der Waals surface area contributed by atoms with Crippen molar-refractivity contribution < 1.29 is 19.1 Å². The summed E-state index contributed by atoms with van der Waals surface area (Å²) < 4.78 is 5.89. The lowest BCUT2D eigenvalue weighted by molar-refractivity contribution is -0.115. The molecule has 5 aromatic carbocycles. The van der Waals surface area contributed by atoms with Crippen LogP contribution in [-0.2, 0) is 16.2 Å². The smallest absolute Gasteiger partial charge is 0.272 e. The number of amides is 3. The fourth-order valence-electron chi connectivity index (χ4n) is 4.77. The van der Waals surface area contributed by atoms with Crippen LogP contribution in [0, 0.1) is 13.8 Å². The Kier molecular flexibility index (Phi) is 11.5. The van der Waals surface area contributed by atoms with Gasteiger partial charge in [0.25, 0.3) is 11.8 Å². The van der Waals surface area contributed by atoms with E-state index >= 15 is 0 Å². The second-order valence-corrected chi connectivity index (χ2v) is 12.7. The first kappa shape index (κ1) is 33.8. The van der Waals surface area contributed by atoms with Gasteiger partial charge in [0.1, 0.15) is 18.1 Å². The molecule has 0 aliphatic heterocycles. The molecule has 242 valence electrons. The Morgan fingerprint density at radius 2 is 1.44 bits per heavy atom. The van der Waals surface area contributed by atoms with Crippen molar-refractivity contribution in [2.45, 2.75) is 37.5 Å². The molecule has 48 heavy (non-hydrogen) atoms. The van der Waals surface area contributed by atoms with Gasteiger partial charge in [-0.05, 0) is 98.1 Å². The lowest BCUT2D eigenvalue weighted by Crippen LogP contribution is -2.30. The molecule has 7 nitrogen and oxygen atoms in total. The van der Waals surface area contributed by atoms with E-state index < -0.39 is 11.8 Å². The summed E-state index contributed by atoms with van der Waals surface area (Å²) in [4.78, 5) is 40.3. The van der Waals surface area contributed by atoms with Gasteiger partial charge in [-0.2, -0.15) is 0 Å². The molecule has 0 aliphatic rings. The van der Waals surface area contributed by atoms with Crippen molar-refractivity contribution in [3.05, 3.63) is 161 Å². The molecule has 0 saturated heterocycles. The SMILES string of the molecule is Cc1ccc(NC(=O)C(C)Sc2ccc(NC(=O)/C(=C/c3ccc(OCc4ccccc4)cc3)NC(=O)c3ccccc3)cc2)c(C)c1. The lowest BCUT2D eigenvalue weighted by Gasteiger charge is -2.15. The van der Waals surface area contributed by atoms with Crippen molar-refractivity contribution in [2.75, 3.05) is 10.6 Å². The Labute approximate surface area is 285 Å². The number of ether oxygens (including phenoxy) is 1. The maximum Gasteiger partial charge on any atom is 0.272 e. The number of anilines is 2. The van der Waals surface area contributed by atoms with Gasteiger partial charge in [0.05, 0.1) is 5.25 Å². The monoisotopic (exact) mass is 655 g/mol. The third kappa shape index (κ3) is 9.70. The summed E-state index contributed by atoms with van der Waals surface area (Å²) in [7, 11) is 0. The van der Waals surface area contributed by atoms with Crippen LogP contribution in [0.15, 0.2) is 138 Å². The molecule has 0 aliphatic carbocycles. The quantitative estimate of drug-likeness (QED) is 0.0927. The minimum atomic E-state index is -0.481. The molecule has 0 aromatic heterocycles. The minimum Gasteiger partial charge on any atom is -0.489 e. The third-order valence-electron chi connectivity index (χ3n) is 7.40. The summed E-state index contributed by atoms with van der Waals surface area (Å²) in [6.45, 7) is 6.28. The first-order valence-corrected chi connectivity index (χ1v) is 16.4. The first-order chi connectivity index (χ1) is 23.2. The highest BCUT2D eigenvalue weighted by atomic mass is 32.2. The Bertz CT molecular complexity index is 1890. The van der Waals surface area contributed by atoms with Gasteiger partial charge in [-0.15, -0.1) is 11.8 Å². The molecule has 0 fully saturated rings. The van der Waals surface area contributed by atoms with E-state index in [0.717, 1.165) is 27.3 Å². The molecule has 1 unspecified atom stereocenters. The number of hydrogen-bond donors (Lipinski definition) is 3. The van der Waals surface area contributed by atoms with Crippen molar-refractivity contribution in [1.29, 1.82) is 0 Å². The molecule has 1 atom stereocenters. The van der Waals surface area contributed by atoms with Crippen LogP contribution in [-0.4, -0.2) is 23.0 Å². The summed E-state index contributed by atoms with van der Waals surface area (Å²) >= 11 is 1.42. The summed E-state index contributed by atoms with van der Waals surface area (Å²) in [5.41, 5.74) is 5.77. The van der Waals surface area contributed by atoms with Crippen LogP contribution in [0.1, 0.15) is 39.5 Å². The van der Waals surface area contributed by atoms with Gasteiger partial charge in [-0.25, -0.2) is 0 Å². The van der Waals surface area contributed by atoms with E-state index in [1.165, 1.54) is 11.8 Å². The van der Waals surface area contributed by atoms with Crippen molar-refractivity contribution in [1.82, 2.24) is 5.32 Å². The van der Waals surface area contributed by atoms with Crippen molar-refractivity contribution in [2.24, 2.45) is 0 Å². The zero-order valence-corrected chi connectivity index (χ0v) is 27.8. The maximum absolute atomic E-state index is 13.5. The number of nitrogens with one attached hydrogen (secondary N) is 3. The fraction of sp³-hybridized carbons (Fsp3) is 0.125. The number of hydrogen-bond acceptors (Lipinski definition) is 5. The van der Waals surface area contributed by atoms with Crippen LogP contribution >= 0.6 is 11.8 Å². The molecule has 3 amide bonds. The van der Waals surface area contributed by atoms with E-state index in [1.54, 1.807) is 42.5 Å². The zero-order valence-electron chi connectivity index (χ0n) is 27.0.